The molecule has 5 aromatic rings. The van der Waals surface area contributed by atoms with Crippen LogP contribution in [-0.2, 0) is 0 Å². The molecule has 0 saturated carbocycles. The van der Waals surface area contributed by atoms with Crippen molar-refractivity contribution in [2.45, 2.75) is 13.3 Å². The highest BCUT2D eigenvalue weighted by atomic mass is 35.5. The normalized spacial score (nSPS) is 10.9. The van der Waals surface area contributed by atoms with Gasteiger partial charge in [0.05, 0.1) is 18.0 Å². The van der Waals surface area contributed by atoms with Crippen LogP contribution in [0.3, 0.4) is 0 Å². The molecular formula is C29H30ClN5O2. The first-order chi connectivity index (χ1) is 17.3. The van der Waals surface area contributed by atoms with Gasteiger partial charge >= 0.3 is 0 Å². The van der Waals surface area contributed by atoms with E-state index in [9.17, 15) is 5.11 Å². The van der Waals surface area contributed by atoms with Crippen molar-refractivity contribution >= 4 is 39.1 Å². The van der Waals surface area contributed by atoms with E-state index in [1.807, 2.05) is 78.9 Å². The Morgan fingerprint density at radius 1 is 0.757 bits per heavy atom. The van der Waals surface area contributed by atoms with Crippen LogP contribution < -0.4 is 21.9 Å². The molecule has 3 N–H and O–H groups in total. The lowest BCUT2D eigenvalue weighted by molar-refractivity contribution is -0.538. The van der Waals surface area contributed by atoms with Crippen LogP contribution in [-0.4, -0.2) is 35.3 Å². The fourth-order valence-electron chi connectivity index (χ4n) is 4.32. The van der Waals surface area contributed by atoms with Crippen molar-refractivity contribution in [1.82, 2.24) is 4.98 Å². The number of benzene rings is 4. The minimum absolute atomic E-state index is 0. The Morgan fingerprint density at radius 3 is 2.14 bits per heavy atom. The zero-order valence-corrected chi connectivity index (χ0v) is 21.4. The fraction of sp³-hybridized carbons (Fsp3) is 0.172. The van der Waals surface area contributed by atoms with E-state index < -0.39 is 0 Å². The molecule has 0 spiro atoms. The first kappa shape index (κ1) is 27.7. The first-order valence-corrected chi connectivity index (χ1v) is 11.9. The Labute approximate surface area is 222 Å². The van der Waals surface area contributed by atoms with Gasteiger partial charge in [-0.3, -0.25) is 0 Å². The van der Waals surface area contributed by atoms with Crippen molar-refractivity contribution in [1.29, 1.82) is 0 Å². The Kier molecular flexibility index (Phi) is 9.63. The molecule has 0 amide bonds. The third-order valence-corrected chi connectivity index (χ3v) is 5.94. The summed E-state index contributed by atoms with van der Waals surface area (Å²) in [6.45, 7) is 3.80. The van der Waals surface area contributed by atoms with Gasteiger partial charge in [-0.25, -0.2) is 4.98 Å². The number of hydrogen-bond donors (Lipinski definition) is 1. The second kappa shape index (κ2) is 12.9. The molecule has 190 valence electrons. The quantitative estimate of drug-likeness (QED) is 0.195. The van der Waals surface area contributed by atoms with E-state index in [1.165, 1.54) is 0 Å². The smallest absolute Gasteiger partial charge is 0.239 e. The molecule has 4 aromatic carbocycles. The molecule has 0 fully saturated rings. The molecule has 0 radical (unpaired) electrons. The van der Waals surface area contributed by atoms with E-state index in [1.54, 1.807) is 0 Å². The molecule has 8 heteroatoms. The highest BCUT2D eigenvalue weighted by Crippen LogP contribution is 2.25. The number of azo groups is 1. The molecular weight excluding hydrogens is 486 g/mol. The van der Waals surface area contributed by atoms with Gasteiger partial charge in [-0.2, -0.15) is 10.2 Å². The Balaban J connectivity index is 0.00000190. The van der Waals surface area contributed by atoms with Crippen molar-refractivity contribution in [2.24, 2.45) is 10.2 Å². The van der Waals surface area contributed by atoms with Gasteiger partial charge in [-0.05, 0) is 48.9 Å². The zero-order chi connectivity index (χ0) is 24.0. The molecule has 1 heterocycles. The van der Waals surface area contributed by atoms with Crippen molar-refractivity contribution in [3.8, 4) is 5.69 Å². The van der Waals surface area contributed by atoms with Crippen LogP contribution in [0.25, 0.3) is 27.8 Å². The SMILES string of the molecule is CCCN(CCO)c1ccc(N=Nc2ccc3nc4ccccc4[n+](-c4ccccc4)c3c2)cc1.O.[Cl-]. The minimum Gasteiger partial charge on any atom is -1.00 e. The number of aliphatic hydroxyl groups excluding tert-OH is 1. The van der Waals surface area contributed by atoms with E-state index in [2.05, 4.69) is 44.8 Å². The largest absolute Gasteiger partial charge is 1.00 e. The number of aliphatic hydroxyl groups is 1. The summed E-state index contributed by atoms with van der Waals surface area (Å²) in [4.78, 5) is 7.03. The molecule has 0 unspecified atom stereocenters. The Bertz CT molecular complexity index is 1470. The highest BCUT2D eigenvalue weighted by molar-refractivity contribution is 5.83. The molecule has 1 aromatic heterocycles. The van der Waals surface area contributed by atoms with Crippen LogP contribution in [0.1, 0.15) is 13.3 Å². The second-order valence-electron chi connectivity index (χ2n) is 8.37. The van der Waals surface area contributed by atoms with E-state index in [0.29, 0.717) is 6.54 Å². The van der Waals surface area contributed by atoms with E-state index in [4.69, 9.17) is 4.98 Å². The van der Waals surface area contributed by atoms with Crippen LogP contribution in [0.15, 0.2) is 107 Å². The third-order valence-electron chi connectivity index (χ3n) is 5.94. The van der Waals surface area contributed by atoms with Gasteiger partial charge in [0.2, 0.25) is 16.7 Å². The molecule has 0 aliphatic heterocycles. The fourth-order valence-corrected chi connectivity index (χ4v) is 4.32. The van der Waals surface area contributed by atoms with Gasteiger partial charge in [-0.1, -0.05) is 37.3 Å². The summed E-state index contributed by atoms with van der Waals surface area (Å²) in [5.41, 5.74) is 7.54. The summed E-state index contributed by atoms with van der Waals surface area (Å²) in [6.07, 6.45) is 1.02. The first-order valence-electron chi connectivity index (χ1n) is 11.9. The number of fused-ring (bicyclic) bond motifs is 2. The average molecular weight is 516 g/mol. The maximum Gasteiger partial charge on any atom is 0.239 e. The van der Waals surface area contributed by atoms with E-state index in [-0.39, 0.29) is 24.5 Å². The number of hydrogen-bond acceptors (Lipinski definition) is 5. The minimum atomic E-state index is 0. The van der Waals surface area contributed by atoms with Crippen molar-refractivity contribution in [3.63, 3.8) is 0 Å². The van der Waals surface area contributed by atoms with E-state index >= 15 is 0 Å². The predicted octanol–water partition coefficient (Wildman–Crippen LogP) is 2.47. The van der Waals surface area contributed by atoms with Crippen molar-refractivity contribution in [2.75, 3.05) is 24.6 Å². The summed E-state index contributed by atoms with van der Waals surface area (Å²) < 4.78 is 2.22. The monoisotopic (exact) mass is 515 g/mol. The molecule has 0 aliphatic carbocycles. The predicted molar refractivity (Wildman–Crippen MR) is 145 cm³/mol. The number of aromatic nitrogens is 2. The number of halogens is 1. The van der Waals surface area contributed by atoms with Crippen LogP contribution >= 0.6 is 0 Å². The molecule has 0 bridgehead atoms. The van der Waals surface area contributed by atoms with Crippen LogP contribution in [0.5, 0.6) is 0 Å². The standard InChI is InChI=1S/C29H28N5O.ClH.H2O/c1-2-18-33(19-20-35)24-15-12-22(13-16-24)31-32-23-14-17-27-29(21-23)34(25-8-4-3-5-9-25)28-11-7-6-10-26(28)30-27;;/h3-17,21,35H,2,18-20H2,1H3;1H;1H2/q+1;;/p-1. The second-order valence-corrected chi connectivity index (χ2v) is 8.37. The lowest BCUT2D eigenvalue weighted by Gasteiger charge is -2.23. The zero-order valence-electron chi connectivity index (χ0n) is 20.6. The molecule has 0 atom stereocenters. The van der Waals surface area contributed by atoms with Gasteiger partial charge in [0.15, 0.2) is 0 Å². The van der Waals surface area contributed by atoms with Gasteiger partial charge in [-0.15, -0.1) is 4.57 Å². The van der Waals surface area contributed by atoms with Gasteiger partial charge in [0, 0.05) is 43.0 Å². The van der Waals surface area contributed by atoms with E-state index in [0.717, 1.165) is 57.8 Å². The number of anilines is 1. The van der Waals surface area contributed by atoms with Gasteiger partial charge < -0.3 is 27.9 Å². The Hall–Kier alpha value is -3.91. The summed E-state index contributed by atoms with van der Waals surface area (Å²) in [7, 11) is 0. The van der Waals surface area contributed by atoms with Gasteiger partial charge in [0.25, 0.3) is 0 Å². The molecule has 0 aliphatic rings. The molecule has 0 saturated heterocycles. The number of para-hydroxylation sites is 3. The van der Waals surface area contributed by atoms with Crippen LogP contribution in [0.4, 0.5) is 17.1 Å². The third kappa shape index (κ3) is 6.09. The van der Waals surface area contributed by atoms with Crippen LogP contribution in [0.2, 0.25) is 0 Å². The van der Waals surface area contributed by atoms with Gasteiger partial charge in [0.1, 0.15) is 11.0 Å². The average Bonchev–Trinajstić information content (AvgIpc) is 2.91. The number of nitrogens with zero attached hydrogens (tertiary/aromatic N) is 5. The molecule has 7 nitrogen and oxygen atoms in total. The van der Waals surface area contributed by atoms with Crippen molar-refractivity contribution < 1.29 is 27.6 Å². The lowest BCUT2D eigenvalue weighted by atomic mass is 10.2. The summed E-state index contributed by atoms with van der Waals surface area (Å²) in [5, 5.41) is 18.3. The maximum atomic E-state index is 9.33. The summed E-state index contributed by atoms with van der Waals surface area (Å²) in [5.74, 6) is 0. The Morgan fingerprint density at radius 2 is 1.41 bits per heavy atom. The maximum absolute atomic E-state index is 9.33. The van der Waals surface area contributed by atoms with Crippen molar-refractivity contribution in [3.05, 3.63) is 97.1 Å². The number of rotatable bonds is 8. The molecule has 5 rings (SSSR count). The summed E-state index contributed by atoms with van der Waals surface area (Å²) in [6, 6.07) is 32.4. The molecule has 37 heavy (non-hydrogen) atoms. The lowest BCUT2D eigenvalue weighted by Crippen LogP contribution is -3.00. The van der Waals surface area contributed by atoms with Crippen LogP contribution in [0, 0.1) is 0 Å². The highest BCUT2D eigenvalue weighted by Gasteiger charge is 2.19. The topological polar surface area (TPSA) is 96.5 Å². The summed E-state index contributed by atoms with van der Waals surface area (Å²) >= 11 is 0.